The van der Waals surface area contributed by atoms with Gasteiger partial charge in [-0.3, -0.25) is 14.9 Å². The second-order valence-electron chi connectivity index (χ2n) is 5.01. The van der Waals surface area contributed by atoms with Gasteiger partial charge in [-0.15, -0.1) is 0 Å². The molecule has 2 aromatic carbocycles. The number of rotatable bonds is 6. The van der Waals surface area contributed by atoms with E-state index in [9.17, 15) is 28.1 Å². The third-order valence-corrected chi connectivity index (χ3v) is 3.54. The maximum absolute atomic E-state index is 12.6. The van der Waals surface area contributed by atoms with Crippen molar-refractivity contribution in [2.75, 3.05) is 7.11 Å². The van der Waals surface area contributed by atoms with Crippen molar-refractivity contribution >= 4 is 17.4 Å². The van der Waals surface area contributed by atoms with Crippen molar-refractivity contribution in [1.29, 1.82) is 0 Å². The van der Waals surface area contributed by atoms with E-state index < -0.39 is 28.7 Å². The number of nitrogens with zero attached hydrogens (tertiary/aromatic N) is 1. The Morgan fingerprint density at radius 3 is 2.44 bits per heavy atom. The van der Waals surface area contributed by atoms with E-state index >= 15 is 0 Å². The van der Waals surface area contributed by atoms with Crippen molar-refractivity contribution in [2.24, 2.45) is 0 Å². The van der Waals surface area contributed by atoms with Crippen LogP contribution in [0.2, 0.25) is 5.02 Å². The van der Waals surface area contributed by atoms with Gasteiger partial charge < -0.3 is 10.9 Å². The summed E-state index contributed by atoms with van der Waals surface area (Å²) in [4.78, 5) is 22.0. The summed E-state index contributed by atoms with van der Waals surface area (Å²) < 4.78 is 47.8. The van der Waals surface area contributed by atoms with Crippen molar-refractivity contribution in [3.8, 4) is 11.5 Å². The minimum Gasteiger partial charge on any atom is -1.00 e. The zero-order valence-electron chi connectivity index (χ0n) is 15.1. The first kappa shape index (κ1) is 24.0. The Morgan fingerprint density at radius 1 is 1.26 bits per heavy atom. The van der Waals surface area contributed by atoms with Gasteiger partial charge in [-0.25, -0.2) is 0 Å². The molecule has 0 bridgehead atoms. The first-order chi connectivity index (χ1) is 12.1. The van der Waals surface area contributed by atoms with E-state index in [4.69, 9.17) is 16.3 Å². The molecular weight excluding hydrogens is 418 g/mol. The molecule has 0 aliphatic heterocycles. The fourth-order valence-electron chi connectivity index (χ4n) is 2.03. The van der Waals surface area contributed by atoms with Gasteiger partial charge in [-0.2, -0.15) is 13.2 Å². The Balaban J connectivity index is 0.00000364. The molecule has 0 aliphatic rings. The number of ether oxygens (including phenoxy) is 2. The SMILES string of the molecule is COC(C(=O)c1cccc(Oc2ccc(C(F)(F)F)cc2Cl)c1)[N+](=O)[O-].[H-].[K+]. The predicted molar refractivity (Wildman–Crippen MR) is 86.2 cm³/mol. The van der Waals surface area contributed by atoms with Crippen molar-refractivity contribution in [2.45, 2.75) is 12.4 Å². The second-order valence-corrected chi connectivity index (χ2v) is 5.42. The molecule has 0 heterocycles. The summed E-state index contributed by atoms with van der Waals surface area (Å²) in [6.45, 7) is 0. The Morgan fingerprint density at radius 2 is 1.93 bits per heavy atom. The number of hydrogen-bond acceptors (Lipinski definition) is 5. The fourth-order valence-corrected chi connectivity index (χ4v) is 2.25. The summed E-state index contributed by atoms with van der Waals surface area (Å²) in [5.41, 5.74) is -0.998. The van der Waals surface area contributed by atoms with Crippen LogP contribution in [0.5, 0.6) is 11.5 Å². The van der Waals surface area contributed by atoms with Crippen LogP contribution in [0.3, 0.4) is 0 Å². The number of methoxy groups -OCH3 is 1. The number of ketones is 1. The number of Topliss-reactive ketones (excluding diaryl/α,β-unsaturated/α-hetero) is 1. The standard InChI is InChI=1S/C16H11ClF3NO5.K.H/c1-25-15(21(23)24)14(22)9-3-2-4-11(7-9)26-13-6-5-10(8-12(13)17)16(18,19)20;;/h2-8,15H,1H3;;/q;+1;-1. The number of carbonyl (C=O) groups is 1. The first-order valence-corrected chi connectivity index (χ1v) is 7.36. The third-order valence-electron chi connectivity index (χ3n) is 3.24. The van der Waals surface area contributed by atoms with E-state index in [0.717, 1.165) is 19.2 Å². The van der Waals surface area contributed by atoms with E-state index in [1.54, 1.807) is 0 Å². The van der Waals surface area contributed by atoms with E-state index in [1.165, 1.54) is 24.3 Å². The van der Waals surface area contributed by atoms with E-state index in [-0.39, 0.29) is 74.9 Å². The van der Waals surface area contributed by atoms with Crippen LogP contribution in [0.4, 0.5) is 13.2 Å². The maximum atomic E-state index is 12.6. The molecule has 27 heavy (non-hydrogen) atoms. The molecule has 11 heteroatoms. The minimum atomic E-state index is -4.55. The quantitative estimate of drug-likeness (QED) is 0.230. The van der Waals surface area contributed by atoms with Gasteiger partial charge in [-0.05, 0) is 30.3 Å². The molecule has 0 spiro atoms. The molecule has 0 amide bonds. The normalized spacial score (nSPS) is 12.0. The predicted octanol–water partition coefficient (Wildman–Crippen LogP) is 1.70. The Hall–Kier alpha value is -1.01. The van der Waals surface area contributed by atoms with Crippen molar-refractivity contribution in [1.82, 2.24) is 0 Å². The molecule has 0 radical (unpaired) electrons. The first-order valence-electron chi connectivity index (χ1n) is 6.98. The Bertz CT molecular complexity index is 853. The number of hydrogen-bond donors (Lipinski definition) is 0. The van der Waals surface area contributed by atoms with E-state index in [2.05, 4.69) is 4.74 Å². The van der Waals surface area contributed by atoms with Gasteiger partial charge >= 0.3 is 63.8 Å². The molecule has 2 aromatic rings. The Labute approximate surface area is 200 Å². The second kappa shape index (κ2) is 9.96. The third kappa shape index (κ3) is 6.24. The van der Waals surface area contributed by atoms with Gasteiger partial charge in [0, 0.05) is 12.7 Å². The summed E-state index contributed by atoms with van der Waals surface area (Å²) in [6.07, 6.45) is -6.42. The summed E-state index contributed by atoms with van der Waals surface area (Å²) in [6, 6.07) is 7.87. The van der Waals surface area contributed by atoms with Crippen LogP contribution in [0.25, 0.3) is 0 Å². The molecule has 1 unspecified atom stereocenters. The van der Waals surface area contributed by atoms with E-state index in [0.29, 0.717) is 6.07 Å². The van der Waals surface area contributed by atoms with Crippen LogP contribution >= 0.6 is 11.6 Å². The molecule has 2 rings (SSSR count). The molecule has 6 nitrogen and oxygen atoms in total. The van der Waals surface area contributed by atoms with E-state index in [1.807, 2.05) is 0 Å². The van der Waals surface area contributed by atoms with Crippen LogP contribution in [-0.4, -0.2) is 24.0 Å². The number of nitro groups is 1. The van der Waals surface area contributed by atoms with Gasteiger partial charge in [-0.1, -0.05) is 23.7 Å². The van der Waals surface area contributed by atoms with Crippen LogP contribution in [0, 0.1) is 10.1 Å². The molecule has 0 fully saturated rings. The molecule has 0 saturated carbocycles. The van der Waals surface area contributed by atoms with Crippen LogP contribution in [0.1, 0.15) is 17.3 Å². The molecule has 0 N–H and O–H groups in total. The summed E-state index contributed by atoms with van der Waals surface area (Å²) in [7, 11) is 1.02. The zero-order valence-corrected chi connectivity index (χ0v) is 18.0. The average Bonchev–Trinajstić information content (AvgIpc) is 2.56. The molecule has 0 saturated heterocycles. The molecule has 0 aliphatic carbocycles. The van der Waals surface area contributed by atoms with Crippen LogP contribution in [-0.2, 0) is 10.9 Å². The smallest absolute Gasteiger partial charge is 1.00 e. The monoisotopic (exact) mass is 429 g/mol. The molecule has 140 valence electrons. The number of alkyl halides is 3. The summed E-state index contributed by atoms with van der Waals surface area (Å²) >= 11 is 5.80. The van der Waals surface area contributed by atoms with Gasteiger partial charge in [0.05, 0.1) is 15.5 Å². The molecule has 0 aromatic heterocycles. The van der Waals surface area contributed by atoms with Gasteiger partial charge in [0.25, 0.3) is 5.78 Å². The fraction of sp³-hybridized carbons (Fsp3) is 0.188. The number of carbonyl (C=O) groups excluding carboxylic acids is 1. The van der Waals surface area contributed by atoms with Gasteiger partial charge in [0.2, 0.25) is 0 Å². The average molecular weight is 430 g/mol. The van der Waals surface area contributed by atoms with Crippen LogP contribution < -0.4 is 56.1 Å². The van der Waals surface area contributed by atoms with Crippen molar-refractivity contribution < 1.29 is 85.2 Å². The topological polar surface area (TPSA) is 78.7 Å². The summed E-state index contributed by atoms with van der Waals surface area (Å²) in [5.74, 6) is -0.904. The largest absolute Gasteiger partial charge is 1.00 e. The van der Waals surface area contributed by atoms with Crippen LogP contribution in [0.15, 0.2) is 42.5 Å². The minimum absolute atomic E-state index is 0. The maximum Gasteiger partial charge on any atom is 1.00 e. The van der Waals surface area contributed by atoms with Crippen molar-refractivity contribution in [3.05, 3.63) is 68.7 Å². The molecular formula is C16H12ClF3KNO5. The van der Waals surface area contributed by atoms with Gasteiger partial charge in [0.1, 0.15) is 11.5 Å². The number of benzene rings is 2. The number of halogens is 4. The molecule has 1 atom stereocenters. The zero-order chi connectivity index (χ0) is 19.5. The van der Waals surface area contributed by atoms with Gasteiger partial charge in [0.15, 0.2) is 0 Å². The van der Waals surface area contributed by atoms with Crippen molar-refractivity contribution in [3.63, 3.8) is 0 Å². The Kier molecular flexibility index (Phi) is 8.86. The summed E-state index contributed by atoms with van der Waals surface area (Å²) in [5, 5.41) is 10.5.